The van der Waals surface area contributed by atoms with Crippen LogP contribution in [0.25, 0.3) is 0 Å². The van der Waals surface area contributed by atoms with Crippen molar-refractivity contribution in [1.29, 1.82) is 0 Å². The number of hydrogen-bond acceptors (Lipinski definition) is 3. The van der Waals surface area contributed by atoms with Gasteiger partial charge in [0.15, 0.2) is 17.3 Å². The number of methoxy groups -OCH3 is 1. The molecule has 0 aromatic heterocycles. The maximum absolute atomic E-state index is 11.5. The first-order valence-electron chi connectivity index (χ1n) is 4.40. The van der Waals surface area contributed by atoms with E-state index in [-0.39, 0.29) is 16.9 Å². The molecule has 0 fully saturated rings. The fourth-order valence-corrected chi connectivity index (χ4v) is 1.70. The Bertz CT molecular complexity index is 418. The molecule has 0 amide bonds. The maximum Gasteiger partial charge on any atom is 0.338 e. The molecule has 1 rings (SSSR count). The summed E-state index contributed by atoms with van der Waals surface area (Å²) in [6, 6.07) is 4.60. The van der Waals surface area contributed by atoms with Crippen LogP contribution in [0.2, 0.25) is 0 Å². The molecule has 0 saturated carbocycles. The summed E-state index contributed by atoms with van der Waals surface area (Å²) in [5, 5.41) is 0.223. The fourth-order valence-electron chi connectivity index (χ4n) is 1.13. The Hall–Kier alpha value is -0.160. The minimum atomic E-state index is -1.88. The molecule has 17 heavy (non-hydrogen) atoms. The van der Waals surface area contributed by atoms with E-state index in [0.29, 0.717) is 11.3 Å². The molecule has 7 heteroatoms. The zero-order valence-corrected chi connectivity index (χ0v) is 12.5. The van der Waals surface area contributed by atoms with Gasteiger partial charge in [-0.05, 0) is 53.0 Å². The summed E-state index contributed by atoms with van der Waals surface area (Å²) in [5.41, 5.74) is 0.482. The number of hydrogen-bond donors (Lipinski definition) is 0. The molecule has 0 aliphatic rings. The maximum atomic E-state index is 11.5. The summed E-state index contributed by atoms with van der Waals surface area (Å²) in [6.45, 7) is 0. The summed E-state index contributed by atoms with van der Waals surface area (Å²) in [6.07, 6.45) is 0. The number of ether oxygens (including phenoxy) is 2. The van der Waals surface area contributed by atoms with Crippen molar-refractivity contribution >= 4 is 56.5 Å². The largest absolute Gasteiger partial charge is 0.493 e. The molecule has 0 unspecified atom stereocenters. The van der Waals surface area contributed by atoms with E-state index < -0.39 is 3.98 Å². The lowest BCUT2D eigenvalue weighted by Crippen LogP contribution is -2.13. The first kappa shape index (κ1) is 14.9. The quantitative estimate of drug-likeness (QED) is 0.600. The van der Waals surface area contributed by atoms with Crippen LogP contribution in [0.5, 0.6) is 11.5 Å². The van der Waals surface area contributed by atoms with E-state index in [0.717, 1.165) is 0 Å². The van der Waals surface area contributed by atoms with Gasteiger partial charge < -0.3 is 9.47 Å². The van der Waals surface area contributed by atoms with Crippen molar-refractivity contribution in [3.05, 3.63) is 23.8 Å². The molecule has 94 valence electrons. The third-order valence-corrected chi connectivity index (χ3v) is 2.57. The summed E-state index contributed by atoms with van der Waals surface area (Å²) in [4.78, 5) is 11.5. The number of carbonyl (C=O) groups is 1. The van der Waals surface area contributed by atoms with Gasteiger partial charge in [-0.1, -0.05) is 15.9 Å². The molecule has 3 nitrogen and oxygen atoms in total. The van der Waals surface area contributed by atoms with Gasteiger partial charge in [-0.15, -0.1) is 0 Å². The van der Waals surface area contributed by atoms with Crippen LogP contribution in [0.4, 0.5) is 0 Å². The van der Waals surface area contributed by atoms with E-state index in [1.807, 2.05) is 0 Å². The molecule has 0 radical (unpaired) electrons. The van der Waals surface area contributed by atoms with Crippen molar-refractivity contribution in [2.24, 2.45) is 0 Å². The van der Waals surface area contributed by atoms with E-state index in [9.17, 15) is 4.79 Å². The lowest BCUT2D eigenvalue weighted by molar-refractivity contribution is 0.102. The van der Waals surface area contributed by atoms with Gasteiger partial charge in [-0.2, -0.15) is 0 Å². The third-order valence-electron chi connectivity index (χ3n) is 1.83. The number of ketones is 1. The van der Waals surface area contributed by atoms with Crippen molar-refractivity contribution < 1.29 is 14.3 Å². The number of alkyl halides is 4. The van der Waals surface area contributed by atoms with Gasteiger partial charge in [0.2, 0.25) is 0 Å². The van der Waals surface area contributed by atoms with Crippen LogP contribution in [0.3, 0.4) is 0 Å². The lowest BCUT2D eigenvalue weighted by atomic mass is 10.1. The Balaban J connectivity index is 3.05. The predicted octanol–water partition coefficient (Wildman–Crippen LogP) is 3.98. The highest BCUT2D eigenvalue weighted by Crippen LogP contribution is 2.36. The molecular formula is C10H8BrCl3O3. The molecule has 0 saturated heterocycles. The van der Waals surface area contributed by atoms with Crippen LogP contribution in [0, 0.1) is 0 Å². The molecule has 0 bridgehead atoms. The minimum absolute atomic E-state index is 0.0799. The first-order valence-corrected chi connectivity index (χ1v) is 6.66. The predicted molar refractivity (Wildman–Crippen MR) is 72.0 cm³/mol. The number of halogens is 4. The molecule has 0 heterocycles. The van der Waals surface area contributed by atoms with Crippen molar-refractivity contribution in [3.63, 3.8) is 0 Å². The number of benzene rings is 1. The highest BCUT2D eigenvalue weighted by molar-refractivity contribution is 9.09. The van der Waals surface area contributed by atoms with Crippen molar-refractivity contribution in [2.75, 3.05) is 12.4 Å². The SMILES string of the molecule is COc1cc(C(=O)CBr)ccc1OC(Cl)(Cl)Cl. The monoisotopic (exact) mass is 360 g/mol. The Labute approximate surface area is 122 Å². The minimum Gasteiger partial charge on any atom is -0.493 e. The second-order valence-corrected chi connectivity index (χ2v) is 5.71. The van der Waals surface area contributed by atoms with Crippen LogP contribution in [-0.4, -0.2) is 22.2 Å². The molecule has 1 aromatic carbocycles. The topological polar surface area (TPSA) is 35.5 Å². The Morgan fingerprint density at radius 2 is 2.00 bits per heavy atom. The Morgan fingerprint density at radius 1 is 1.35 bits per heavy atom. The van der Waals surface area contributed by atoms with Gasteiger partial charge in [0.1, 0.15) is 0 Å². The summed E-state index contributed by atoms with van der Waals surface area (Å²) < 4.78 is 8.22. The van der Waals surface area contributed by atoms with Gasteiger partial charge in [0.05, 0.1) is 12.4 Å². The van der Waals surface area contributed by atoms with Crippen LogP contribution >= 0.6 is 50.7 Å². The Kier molecular flexibility index (Phi) is 5.38. The smallest absolute Gasteiger partial charge is 0.338 e. The van der Waals surface area contributed by atoms with Gasteiger partial charge in [0.25, 0.3) is 0 Å². The van der Waals surface area contributed by atoms with Crippen molar-refractivity contribution in [3.8, 4) is 11.5 Å². The van der Waals surface area contributed by atoms with Crippen LogP contribution in [-0.2, 0) is 0 Å². The van der Waals surface area contributed by atoms with E-state index >= 15 is 0 Å². The molecule has 0 atom stereocenters. The highest BCUT2D eigenvalue weighted by Gasteiger charge is 2.24. The average Bonchev–Trinajstić information content (AvgIpc) is 2.26. The fraction of sp³-hybridized carbons (Fsp3) is 0.300. The number of rotatable bonds is 4. The zero-order valence-electron chi connectivity index (χ0n) is 8.68. The van der Waals surface area contributed by atoms with Gasteiger partial charge >= 0.3 is 3.98 Å². The number of Topliss-reactive ketones (excluding diaryl/α,β-unsaturated/α-hetero) is 1. The normalized spacial score (nSPS) is 11.1. The van der Waals surface area contributed by atoms with E-state index in [2.05, 4.69) is 15.9 Å². The van der Waals surface area contributed by atoms with Gasteiger partial charge in [-0.3, -0.25) is 4.79 Å². The summed E-state index contributed by atoms with van der Waals surface area (Å²) in [7, 11) is 1.43. The summed E-state index contributed by atoms with van der Waals surface area (Å²) >= 11 is 19.6. The van der Waals surface area contributed by atoms with E-state index in [4.69, 9.17) is 44.3 Å². The first-order chi connectivity index (χ1) is 7.87. The van der Waals surface area contributed by atoms with Crippen molar-refractivity contribution in [1.82, 2.24) is 0 Å². The second-order valence-electron chi connectivity index (χ2n) is 2.97. The standard InChI is InChI=1S/C10H8BrCl3O3/c1-16-9-4-6(7(15)5-11)2-3-8(9)17-10(12,13)14/h2-4H,5H2,1H3. The molecule has 0 N–H and O–H groups in total. The van der Waals surface area contributed by atoms with Crippen molar-refractivity contribution in [2.45, 2.75) is 3.98 Å². The molecule has 0 spiro atoms. The van der Waals surface area contributed by atoms with Crippen LogP contribution in [0.1, 0.15) is 10.4 Å². The highest BCUT2D eigenvalue weighted by atomic mass is 79.9. The lowest BCUT2D eigenvalue weighted by Gasteiger charge is -2.16. The summed E-state index contributed by atoms with van der Waals surface area (Å²) in [5.74, 6) is 0.491. The third kappa shape index (κ3) is 4.54. The van der Waals surface area contributed by atoms with E-state index in [1.54, 1.807) is 6.07 Å². The molecule has 1 aromatic rings. The van der Waals surface area contributed by atoms with Crippen LogP contribution in [0.15, 0.2) is 18.2 Å². The van der Waals surface area contributed by atoms with Gasteiger partial charge in [-0.25, -0.2) is 0 Å². The molecular weight excluding hydrogens is 354 g/mol. The van der Waals surface area contributed by atoms with E-state index in [1.165, 1.54) is 19.2 Å². The Morgan fingerprint density at radius 3 is 2.47 bits per heavy atom. The molecule has 0 aliphatic carbocycles. The molecule has 0 aliphatic heterocycles. The number of carbonyl (C=O) groups excluding carboxylic acids is 1. The second kappa shape index (κ2) is 6.14. The van der Waals surface area contributed by atoms with Crippen LogP contribution < -0.4 is 9.47 Å². The zero-order chi connectivity index (χ0) is 13.1. The van der Waals surface area contributed by atoms with Gasteiger partial charge in [0, 0.05) is 5.56 Å². The average molecular weight is 362 g/mol.